The van der Waals surface area contributed by atoms with Gasteiger partial charge < -0.3 is 11.5 Å². The van der Waals surface area contributed by atoms with Crippen LogP contribution in [0.25, 0.3) is 38.5 Å². The first-order valence-electron chi connectivity index (χ1n) is 9.77. The maximum absolute atomic E-state index is 5.47. The lowest BCUT2D eigenvalue weighted by molar-refractivity contribution is 0.869. The lowest BCUT2D eigenvalue weighted by atomic mass is 9.99. The van der Waals surface area contributed by atoms with Crippen LogP contribution in [-0.2, 0) is 0 Å². The van der Waals surface area contributed by atoms with Gasteiger partial charge in [-0.15, -0.1) is 0 Å². The maximum atomic E-state index is 5.47. The monoisotopic (exact) mass is 391 g/mol. The molecule has 4 N–H and O–H groups in total. The van der Waals surface area contributed by atoms with Crippen LogP contribution in [-0.4, -0.2) is 15.7 Å². The summed E-state index contributed by atoms with van der Waals surface area (Å²) in [6, 6.07) is 29.2. The van der Waals surface area contributed by atoms with Crippen LogP contribution in [0.5, 0.6) is 0 Å². The van der Waals surface area contributed by atoms with E-state index < -0.39 is 0 Å². The Morgan fingerprint density at radius 1 is 0.800 bits per heavy atom. The number of nitrogens with two attached hydrogens (primary N) is 2. The summed E-state index contributed by atoms with van der Waals surface area (Å²) >= 11 is 0. The summed E-state index contributed by atoms with van der Waals surface area (Å²) in [7, 11) is 0. The third-order valence-electron chi connectivity index (χ3n) is 5.23. The van der Waals surface area contributed by atoms with Gasteiger partial charge in [0.1, 0.15) is 0 Å². The van der Waals surface area contributed by atoms with Crippen LogP contribution in [0.2, 0.25) is 0 Å². The van der Waals surface area contributed by atoms with Crippen molar-refractivity contribution in [1.29, 1.82) is 0 Å². The Bertz CT molecular complexity index is 1410. The van der Waals surface area contributed by atoms with Crippen LogP contribution >= 0.6 is 0 Å². The molecule has 0 saturated heterocycles. The van der Waals surface area contributed by atoms with Crippen LogP contribution in [0.15, 0.2) is 89.9 Å². The second-order valence-corrected chi connectivity index (χ2v) is 7.36. The van der Waals surface area contributed by atoms with Crippen molar-refractivity contribution in [2.45, 2.75) is 6.92 Å². The van der Waals surface area contributed by atoms with Crippen LogP contribution in [0.4, 0.5) is 5.69 Å². The second-order valence-electron chi connectivity index (χ2n) is 7.36. The summed E-state index contributed by atoms with van der Waals surface area (Å²) < 4.78 is 1.96. The fourth-order valence-corrected chi connectivity index (χ4v) is 3.88. The fraction of sp³-hybridized carbons (Fsp3) is 0.0400. The highest BCUT2D eigenvalue weighted by atomic mass is 15.3. The highest BCUT2D eigenvalue weighted by molar-refractivity contribution is 6.08. The molecular formula is C25H21N5. The maximum Gasteiger partial charge on any atom is 0.191 e. The molecule has 0 aliphatic carbocycles. The molecule has 0 saturated carbocycles. The van der Waals surface area contributed by atoms with Gasteiger partial charge in [-0.25, -0.2) is 9.67 Å². The van der Waals surface area contributed by atoms with Crippen molar-refractivity contribution in [3.05, 3.63) is 90.6 Å². The predicted octanol–water partition coefficient (Wildman–Crippen LogP) is 5.06. The third kappa shape index (κ3) is 3.16. The third-order valence-corrected chi connectivity index (χ3v) is 5.23. The van der Waals surface area contributed by atoms with E-state index in [1.807, 2.05) is 35.9 Å². The summed E-state index contributed by atoms with van der Waals surface area (Å²) in [5, 5.41) is 9.67. The minimum atomic E-state index is 0.0433. The minimum Gasteiger partial charge on any atom is -0.370 e. The number of aliphatic imine (C=N–C) groups is 1. The van der Waals surface area contributed by atoms with Gasteiger partial charge in [0.15, 0.2) is 5.96 Å². The van der Waals surface area contributed by atoms with Crippen molar-refractivity contribution < 1.29 is 0 Å². The smallest absolute Gasteiger partial charge is 0.191 e. The number of rotatable bonds is 3. The second kappa shape index (κ2) is 7.04. The van der Waals surface area contributed by atoms with E-state index in [2.05, 4.69) is 65.7 Å². The Kier molecular flexibility index (Phi) is 4.21. The van der Waals surface area contributed by atoms with Crippen molar-refractivity contribution in [3.63, 3.8) is 0 Å². The van der Waals surface area contributed by atoms with Gasteiger partial charge >= 0.3 is 0 Å². The topological polar surface area (TPSA) is 82.2 Å². The van der Waals surface area contributed by atoms with Crippen LogP contribution in [0.1, 0.15) is 5.69 Å². The number of hydrogen-bond acceptors (Lipinski definition) is 2. The highest BCUT2D eigenvalue weighted by Gasteiger charge is 2.11. The molecular weight excluding hydrogens is 370 g/mol. The van der Waals surface area contributed by atoms with Crippen molar-refractivity contribution in [2.75, 3.05) is 0 Å². The molecule has 0 bridgehead atoms. The molecule has 5 rings (SSSR count). The van der Waals surface area contributed by atoms with Crippen LogP contribution in [0, 0.1) is 6.92 Å². The summed E-state index contributed by atoms with van der Waals surface area (Å²) in [5.41, 5.74) is 15.7. The molecule has 4 aromatic carbocycles. The van der Waals surface area contributed by atoms with Crippen molar-refractivity contribution in [2.24, 2.45) is 16.5 Å². The van der Waals surface area contributed by atoms with E-state index >= 15 is 0 Å². The average Bonchev–Trinajstić information content (AvgIpc) is 3.15. The molecule has 146 valence electrons. The lowest BCUT2D eigenvalue weighted by Gasteiger charge is -2.10. The van der Waals surface area contributed by atoms with E-state index in [1.54, 1.807) is 0 Å². The Morgan fingerprint density at radius 3 is 2.27 bits per heavy atom. The molecule has 0 radical (unpaired) electrons. The largest absolute Gasteiger partial charge is 0.370 e. The van der Waals surface area contributed by atoms with Gasteiger partial charge in [-0.2, -0.15) is 5.10 Å². The molecule has 1 aromatic heterocycles. The van der Waals surface area contributed by atoms with Crippen LogP contribution < -0.4 is 11.5 Å². The van der Waals surface area contributed by atoms with Crippen molar-refractivity contribution in [3.8, 4) is 16.9 Å². The van der Waals surface area contributed by atoms with E-state index in [4.69, 9.17) is 16.6 Å². The number of hydrogen-bond donors (Lipinski definition) is 2. The molecule has 1 heterocycles. The number of aryl methyl sites for hydroxylation is 1. The molecule has 0 aliphatic rings. The Labute approximate surface area is 174 Å². The first kappa shape index (κ1) is 17.9. The zero-order valence-corrected chi connectivity index (χ0v) is 16.6. The molecule has 5 nitrogen and oxygen atoms in total. The number of nitrogens with zero attached hydrogens (tertiary/aromatic N) is 3. The van der Waals surface area contributed by atoms with Gasteiger partial charge in [0.25, 0.3) is 0 Å². The standard InChI is InChI=1S/C25H21N5/c1-16-14-24(30(29-16)21-12-10-20(11-13-21)28-25(26)27)19-9-8-18-7-6-17-4-2-3-5-22(17)23(18)15-19/h2-15H,1H3,(H4,26,27,28). The van der Waals surface area contributed by atoms with Crippen LogP contribution in [0.3, 0.4) is 0 Å². The number of guanidine groups is 1. The minimum absolute atomic E-state index is 0.0433. The first-order valence-corrected chi connectivity index (χ1v) is 9.77. The molecule has 5 aromatic rings. The van der Waals surface area contributed by atoms with Gasteiger partial charge in [0.05, 0.1) is 22.8 Å². The zero-order chi connectivity index (χ0) is 20.7. The molecule has 0 atom stereocenters. The summed E-state index contributed by atoms with van der Waals surface area (Å²) in [5.74, 6) is 0.0433. The summed E-state index contributed by atoms with van der Waals surface area (Å²) in [6.07, 6.45) is 0. The molecule has 0 unspecified atom stereocenters. The fourth-order valence-electron chi connectivity index (χ4n) is 3.88. The normalized spacial score (nSPS) is 11.1. The Morgan fingerprint density at radius 2 is 1.50 bits per heavy atom. The molecule has 0 aliphatic heterocycles. The van der Waals surface area contributed by atoms with E-state index in [0.717, 1.165) is 22.6 Å². The summed E-state index contributed by atoms with van der Waals surface area (Å²) in [4.78, 5) is 4.09. The Balaban J connectivity index is 1.66. The van der Waals surface area contributed by atoms with Gasteiger partial charge in [-0.05, 0) is 64.9 Å². The van der Waals surface area contributed by atoms with Gasteiger partial charge in [0, 0.05) is 5.56 Å². The number of fused-ring (bicyclic) bond motifs is 3. The zero-order valence-electron chi connectivity index (χ0n) is 16.6. The molecule has 5 heteroatoms. The molecule has 0 amide bonds. The first-order chi connectivity index (χ1) is 14.6. The van der Waals surface area contributed by atoms with E-state index in [0.29, 0.717) is 5.69 Å². The number of benzene rings is 4. The van der Waals surface area contributed by atoms with E-state index in [1.165, 1.54) is 21.5 Å². The molecule has 0 fully saturated rings. The SMILES string of the molecule is Cc1cc(-c2ccc3ccc4ccccc4c3c2)n(-c2ccc(N=C(N)N)cc2)n1. The van der Waals surface area contributed by atoms with Gasteiger partial charge in [-0.3, -0.25) is 0 Å². The number of aromatic nitrogens is 2. The van der Waals surface area contributed by atoms with Crippen molar-refractivity contribution >= 4 is 33.2 Å². The average molecular weight is 391 g/mol. The van der Waals surface area contributed by atoms with Crippen molar-refractivity contribution in [1.82, 2.24) is 9.78 Å². The molecule has 0 spiro atoms. The summed E-state index contributed by atoms with van der Waals surface area (Å²) in [6.45, 7) is 2.00. The highest BCUT2D eigenvalue weighted by Crippen LogP contribution is 2.31. The molecule has 30 heavy (non-hydrogen) atoms. The van der Waals surface area contributed by atoms with E-state index in [9.17, 15) is 0 Å². The lowest BCUT2D eigenvalue weighted by Crippen LogP contribution is -2.21. The van der Waals surface area contributed by atoms with E-state index in [-0.39, 0.29) is 5.96 Å². The predicted molar refractivity (Wildman–Crippen MR) is 124 cm³/mol. The van der Waals surface area contributed by atoms with Gasteiger partial charge in [0.2, 0.25) is 0 Å². The quantitative estimate of drug-likeness (QED) is 0.256. The Hall–Kier alpha value is -4.12. The van der Waals surface area contributed by atoms with Gasteiger partial charge in [-0.1, -0.05) is 48.5 Å².